The van der Waals surface area contributed by atoms with E-state index in [0.717, 1.165) is 5.56 Å². The largest absolute Gasteiger partial charge is 0.212 e. The number of aryl methyl sites for hydroxylation is 1. The van der Waals surface area contributed by atoms with E-state index in [9.17, 15) is 8.42 Å². The maximum Gasteiger partial charge on any atom is 0.212 e. The van der Waals surface area contributed by atoms with Gasteiger partial charge in [0.2, 0.25) is 10.0 Å². The third-order valence-electron chi connectivity index (χ3n) is 2.43. The molecule has 0 aliphatic carbocycles. The number of sulfonamides is 1. The highest BCUT2D eigenvalue weighted by atomic mass is 35.5. The lowest BCUT2D eigenvalue weighted by Crippen LogP contribution is -2.35. The zero-order valence-electron chi connectivity index (χ0n) is 9.90. The van der Waals surface area contributed by atoms with Gasteiger partial charge in [0.05, 0.1) is 5.75 Å². The summed E-state index contributed by atoms with van der Waals surface area (Å²) in [6.45, 7) is 1.82. The van der Waals surface area contributed by atoms with Gasteiger partial charge < -0.3 is 0 Å². The maximum absolute atomic E-state index is 11.7. The average molecular weight is 276 g/mol. The quantitative estimate of drug-likeness (QED) is 0.775. The minimum absolute atomic E-state index is 0.103. The number of alkyl halides is 1. The van der Waals surface area contributed by atoms with Crippen molar-refractivity contribution < 1.29 is 8.42 Å². The molecule has 1 aromatic carbocycles. The Morgan fingerprint density at radius 3 is 2.53 bits per heavy atom. The molecule has 17 heavy (non-hydrogen) atoms. The van der Waals surface area contributed by atoms with Crippen LogP contribution in [0.15, 0.2) is 30.3 Å². The molecule has 3 nitrogen and oxygen atoms in total. The van der Waals surface area contributed by atoms with Crippen LogP contribution in [0.1, 0.15) is 18.9 Å². The lowest BCUT2D eigenvalue weighted by Gasteiger charge is -2.12. The Labute approximate surface area is 108 Å². The Hall–Kier alpha value is -0.580. The SMILES string of the molecule is CC(CCCl)NS(=O)(=O)CCc1ccccc1. The summed E-state index contributed by atoms with van der Waals surface area (Å²) in [7, 11) is -3.21. The van der Waals surface area contributed by atoms with Crippen molar-refractivity contribution >= 4 is 21.6 Å². The monoisotopic (exact) mass is 275 g/mol. The summed E-state index contributed by atoms with van der Waals surface area (Å²) in [5.74, 6) is 0.575. The molecule has 0 aliphatic rings. The van der Waals surface area contributed by atoms with E-state index < -0.39 is 10.0 Å². The molecule has 0 aromatic heterocycles. The number of nitrogens with one attached hydrogen (secondary N) is 1. The lowest BCUT2D eigenvalue weighted by atomic mass is 10.2. The van der Waals surface area contributed by atoms with Crippen LogP contribution in [0.3, 0.4) is 0 Å². The molecule has 96 valence electrons. The third-order valence-corrected chi connectivity index (χ3v) is 4.15. The second-order valence-electron chi connectivity index (χ2n) is 4.05. The number of benzene rings is 1. The molecule has 0 saturated carbocycles. The van der Waals surface area contributed by atoms with Crippen LogP contribution < -0.4 is 4.72 Å². The molecule has 0 bridgehead atoms. The van der Waals surface area contributed by atoms with Crippen molar-refractivity contribution in [2.75, 3.05) is 11.6 Å². The van der Waals surface area contributed by atoms with Crippen molar-refractivity contribution in [2.24, 2.45) is 0 Å². The van der Waals surface area contributed by atoms with E-state index in [2.05, 4.69) is 4.72 Å². The summed E-state index contributed by atoms with van der Waals surface area (Å²) in [6, 6.07) is 9.49. The zero-order valence-corrected chi connectivity index (χ0v) is 11.5. The Morgan fingerprint density at radius 1 is 1.29 bits per heavy atom. The summed E-state index contributed by atoms with van der Waals surface area (Å²) < 4.78 is 26.1. The molecular formula is C12H18ClNO2S. The highest BCUT2D eigenvalue weighted by molar-refractivity contribution is 7.89. The molecule has 1 atom stereocenters. The Balaban J connectivity index is 2.45. The van der Waals surface area contributed by atoms with Crippen molar-refractivity contribution in [3.8, 4) is 0 Å². The summed E-state index contributed by atoms with van der Waals surface area (Å²) in [6.07, 6.45) is 1.18. The fraction of sp³-hybridized carbons (Fsp3) is 0.500. The first kappa shape index (κ1) is 14.5. The molecule has 0 radical (unpaired) electrons. The number of hydrogen-bond donors (Lipinski definition) is 1. The van der Waals surface area contributed by atoms with Gasteiger partial charge in [-0.3, -0.25) is 0 Å². The van der Waals surface area contributed by atoms with Crippen molar-refractivity contribution in [1.29, 1.82) is 0 Å². The van der Waals surface area contributed by atoms with Crippen LogP contribution in [0.4, 0.5) is 0 Å². The fourth-order valence-corrected chi connectivity index (χ4v) is 3.17. The van der Waals surface area contributed by atoms with E-state index in [-0.39, 0.29) is 11.8 Å². The fourth-order valence-electron chi connectivity index (χ4n) is 1.48. The Bertz CT molecular complexity index is 419. The van der Waals surface area contributed by atoms with Crippen LogP contribution in [-0.4, -0.2) is 26.1 Å². The van der Waals surface area contributed by atoms with Crippen LogP contribution >= 0.6 is 11.6 Å². The van der Waals surface area contributed by atoms with Gasteiger partial charge in [-0.15, -0.1) is 11.6 Å². The first-order valence-electron chi connectivity index (χ1n) is 5.63. The summed E-state index contributed by atoms with van der Waals surface area (Å²) >= 11 is 5.56. The average Bonchev–Trinajstić information content (AvgIpc) is 2.27. The highest BCUT2D eigenvalue weighted by Crippen LogP contribution is 2.03. The molecule has 0 spiro atoms. The van der Waals surface area contributed by atoms with Crippen LogP contribution in [0.5, 0.6) is 0 Å². The van der Waals surface area contributed by atoms with Crippen molar-refractivity contribution in [3.05, 3.63) is 35.9 Å². The van der Waals surface area contributed by atoms with E-state index in [1.54, 1.807) is 0 Å². The normalized spacial score (nSPS) is 13.5. The van der Waals surface area contributed by atoms with Gasteiger partial charge in [-0.1, -0.05) is 30.3 Å². The van der Waals surface area contributed by atoms with Gasteiger partial charge in [0.15, 0.2) is 0 Å². The molecule has 0 heterocycles. The van der Waals surface area contributed by atoms with Crippen LogP contribution in [-0.2, 0) is 16.4 Å². The van der Waals surface area contributed by atoms with Crippen LogP contribution in [0.25, 0.3) is 0 Å². The summed E-state index contributed by atoms with van der Waals surface area (Å²) in [5, 5.41) is 0. The van der Waals surface area contributed by atoms with Gasteiger partial charge in [-0.05, 0) is 25.3 Å². The molecule has 1 unspecified atom stereocenters. The molecule has 1 aromatic rings. The van der Waals surface area contributed by atoms with Gasteiger partial charge in [0, 0.05) is 11.9 Å². The second-order valence-corrected chi connectivity index (χ2v) is 6.30. The van der Waals surface area contributed by atoms with Crippen LogP contribution in [0.2, 0.25) is 0 Å². The predicted octanol–water partition coefficient (Wildman–Crippen LogP) is 2.17. The van der Waals surface area contributed by atoms with Crippen LogP contribution in [0, 0.1) is 0 Å². The third kappa shape index (κ3) is 6.05. The van der Waals surface area contributed by atoms with Crippen molar-refractivity contribution in [1.82, 2.24) is 4.72 Å². The van der Waals surface area contributed by atoms with Gasteiger partial charge in [-0.2, -0.15) is 0 Å². The van der Waals surface area contributed by atoms with E-state index in [1.807, 2.05) is 37.3 Å². The topological polar surface area (TPSA) is 46.2 Å². The van der Waals surface area contributed by atoms with Crippen molar-refractivity contribution in [2.45, 2.75) is 25.8 Å². The highest BCUT2D eigenvalue weighted by Gasteiger charge is 2.13. The molecule has 1 rings (SSSR count). The Kier molecular flexibility index (Phi) is 5.95. The smallest absolute Gasteiger partial charge is 0.212 e. The molecule has 0 amide bonds. The first-order chi connectivity index (χ1) is 8.03. The number of halogens is 1. The summed E-state index contributed by atoms with van der Waals surface area (Å²) in [5.41, 5.74) is 1.03. The van der Waals surface area contributed by atoms with E-state index in [0.29, 0.717) is 18.7 Å². The summed E-state index contributed by atoms with van der Waals surface area (Å²) in [4.78, 5) is 0. The van der Waals surface area contributed by atoms with Gasteiger partial charge in [-0.25, -0.2) is 13.1 Å². The molecule has 0 saturated heterocycles. The zero-order chi connectivity index (χ0) is 12.7. The minimum atomic E-state index is -3.21. The molecule has 5 heteroatoms. The van der Waals surface area contributed by atoms with Gasteiger partial charge >= 0.3 is 0 Å². The maximum atomic E-state index is 11.7. The first-order valence-corrected chi connectivity index (χ1v) is 7.82. The molecule has 1 N–H and O–H groups in total. The number of rotatable bonds is 7. The van der Waals surface area contributed by atoms with Crippen molar-refractivity contribution in [3.63, 3.8) is 0 Å². The molecular weight excluding hydrogens is 258 g/mol. The van der Waals surface area contributed by atoms with Gasteiger partial charge in [0.1, 0.15) is 0 Å². The minimum Gasteiger partial charge on any atom is -0.212 e. The lowest BCUT2D eigenvalue weighted by molar-refractivity contribution is 0.556. The Morgan fingerprint density at radius 2 is 1.94 bits per heavy atom. The molecule has 0 aliphatic heterocycles. The standard InChI is InChI=1S/C12H18ClNO2S/c1-11(7-9-13)14-17(15,16)10-8-12-5-3-2-4-6-12/h2-6,11,14H,7-10H2,1H3. The predicted molar refractivity (Wildman–Crippen MR) is 71.9 cm³/mol. The number of hydrogen-bond acceptors (Lipinski definition) is 2. The van der Waals surface area contributed by atoms with E-state index in [1.165, 1.54) is 0 Å². The second kappa shape index (κ2) is 6.99. The van der Waals surface area contributed by atoms with E-state index in [4.69, 9.17) is 11.6 Å². The van der Waals surface area contributed by atoms with E-state index >= 15 is 0 Å². The van der Waals surface area contributed by atoms with Gasteiger partial charge in [0.25, 0.3) is 0 Å². The molecule has 0 fully saturated rings.